The summed E-state index contributed by atoms with van der Waals surface area (Å²) in [6.45, 7) is 1.02. The molecule has 3 N–H and O–H groups in total. The Morgan fingerprint density at radius 1 is 1.50 bits per heavy atom. The number of nitrogens with two attached hydrogens (primary N) is 1. The number of rotatable bonds is 6. The van der Waals surface area contributed by atoms with Crippen LogP contribution in [-0.4, -0.2) is 36.4 Å². The van der Waals surface area contributed by atoms with E-state index >= 15 is 0 Å². The van der Waals surface area contributed by atoms with Crippen molar-refractivity contribution in [2.75, 3.05) is 30.9 Å². The van der Waals surface area contributed by atoms with Crippen LogP contribution < -0.4 is 15.4 Å². The molecule has 1 aromatic rings. The Bertz CT molecular complexity index is 394. The van der Waals surface area contributed by atoms with Gasteiger partial charge in [-0.15, -0.1) is 0 Å². The van der Waals surface area contributed by atoms with E-state index in [0.29, 0.717) is 17.6 Å². The predicted molar refractivity (Wildman–Crippen MR) is 71.9 cm³/mol. The lowest BCUT2D eigenvalue weighted by Gasteiger charge is -2.38. The van der Waals surface area contributed by atoms with Crippen molar-refractivity contribution in [3.05, 3.63) is 12.1 Å². The molecule has 2 rings (SSSR count). The third-order valence-corrected chi connectivity index (χ3v) is 3.44. The molecule has 0 aliphatic heterocycles. The molecule has 18 heavy (non-hydrogen) atoms. The molecule has 0 aromatic carbocycles. The molecule has 0 saturated heterocycles. The van der Waals surface area contributed by atoms with Crippen LogP contribution in [0.1, 0.15) is 25.7 Å². The van der Waals surface area contributed by atoms with E-state index in [1.807, 2.05) is 12.1 Å². The SMILES string of the molecule is COc1nc(N(CCCO)C2CCC2)ccc1N. The van der Waals surface area contributed by atoms with Crippen molar-refractivity contribution in [2.45, 2.75) is 31.7 Å². The predicted octanol–water partition coefficient (Wildman–Crippen LogP) is 1.41. The molecule has 1 aliphatic carbocycles. The largest absolute Gasteiger partial charge is 0.479 e. The van der Waals surface area contributed by atoms with Crippen molar-refractivity contribution in [3.8, 4) is 5.88 Å². The number of ether oxygens (including phenoxy) is 1. The second kappa shape index (κ2) is 5.91. The van der Waals surface area contributed by atoms with Gasteiger partial charge >= 0.3 is 0 Å². The molecule has 1 heterocycles. The van der Waals surface area contributed by atoms with Gasteiger partial charge in [-0.25, -0.2) is 0 Å². The lowest BCUT2D eigenvalue weighted by atomic mass is 9.91. The minimum Gasteiger partial charge on any atom is -0.479 e. The summed E-state index contributed by atoms with van der Waals surface area (Å²) in [6, 6.07) is 4.29. The molecule has 1 fully saturated rings. The molecule has 0 bridgehead atoms. The Kier molecular flexibility index (Phi) is 4.25. The van der Waals surface area contributed by atoms with E-state index in [2.05, 4.69) is 9.88 Å². The first-order chi connectivity index (χ1) is 8.76. The van der Waals surface area contributed by atoms with Gasteiger partial charge in [0.2, 0.25) is 5.88 Å². The van der Waals surface area contributed by atoms with Crippen LogP contribution in [0.25, 0.3) is 0 Å². The number of aliphatic hydroxyl groups is 1. The standard InChI is InChI=1S/C13H21N3O2/c1-18-13-11(14)6-7-12(15-13)16(8-3-9-17)10-4-2-5-10/h6-7,10,17H,2-5,8-9,14H2,1H3. The Morgan fingerprint density at radius 2 is 2.28 bits per heavy atom. The van der Waals surface area contributed by atoms with Crippen molar-refractivity contribution < 1.29 is 9.84 Å². The normalized spacial score (nSPS) is 15.2. The zero-order valence-electron chi connectivity index (χ0n) is 10.8. The molecule has 1 aromatic heterocycles. The first kappa shape index (κ1) is 13.0. The second-order valence-corrected chi connectivity index (χ2v) is 4.62. The summed E-state index contributed by atoms with van der Waals surface area (Å²) >= 11 is 0. The Morgan fingerprint density at radius 3 is 2.83 bits per heavy atom. The molecule has 1 aliphatic rings. The first-order valence-corrected chi connectivity index (χ1v) is 6.44. The molecule has 100 valence electrons. The molecule has 0 amide bonds. The van der Waals surface area contributed by atoms with Gasteiger partial charge in [-0.1, -0.05) is 0 Å². The number of anilines is 2. The van der Waals surface area contributed by atoms with Crippen LogP contribution in [0.5, 0.6) is 5.88 Å². The number of methoxy groups -OCH3 is 1. The fourth-order valence-corrected chi connectivity index (χ4v) is 2.19. The van der Waals surface area contributed by atoms with Crippen LogP contribution in [0, 0.1) is 0 Å². The van der Waals surface area contributed by atoms with Crippen LogP contribution in [0.4, 0.5) is 11.5 Å². The Balaban J connectivity index is 2.17. The summed E-state index contributed by atoms with van der Waals surface area (Å²) in [4.78, 5) is 6.70. The van der Waals surface area contributed by atoms with E-state index in [4.69, 9.17) is 15.6 Å². The van der Waals surface area contributed by atoms with Crippen molar-refractivity contribution in [3.63, 3.8) is 0 Å². The van der Waals surface area contributed by atoms with Crippen molar-refractivity contribution in [1.82, 2.24) is 4.98 Å². The summed E-state index contributed by atoms with van der Waals surface area (Å²) in [5, 5.41) is 8.99. The Hall–Kier alpha value is -1.49. The lowest BCUT2D eigenvalue weighted by Crippen LogP contribution is -2.41. The van der Waals surface area contributed by atoms with Gasteiger partial charge in [-0.05, 0) is 37.8 Å². The fraction of sp³-hybridized carbons (Fsp3) is 0.615. The number of aliphatic hydroxyl groups excluding tert-OH is 1. The summed E-state index contributed by atoms with van der Waals surface area (Å²) in [6.07, 6.45) is 4.41. The third-order valence-electron chi connectivity index (χ3n) is 3.44. The fourth-order valence-electron chi connectivity index (χ4n) is 2.19. The molecule has 5 nitrogen and oxygen atoms in total. The van der Waals surface area contributed by atoms with E-state index < -0.39 is 0 Å². The van der Waals surface area contributed by atoms with Gasteiger partial charge in [-0.3, -0.25) is 0 Å². The summed E-state index contributed by atoms with van der Waals surface area (Å²) in [5.41, 5.74) is 6.33. The van der Waals surface area contributed by atoms with Crippen LogP contribution in [0.2, 0.25) is 0 Å². The van der Waals surface area contributed by atoms with Crippen LogP contribution in [0.15, 0.2) is 12.1 Å². The molecule has 5 heteroatoms. The highest BCUT2D eigenvalue weighted by atomic mass is 16.5. The quantitative estimate of drug-likeness (QED) is 0.800. The maximum Gasteiger partial charge on any atom is 0.238 e. The topological polar surface area (TPSA) is 71.6 Å². The molecule has 0 unspecified atom stereocenters. The molecule has 1 saturated carbocycles. The maximum absolute atomic E-state index is 8.99. The van der Waals surface area contributed by atoms with Crippen molar-refractivity contribution in [2.24, 2.45) is 0 Å². The second-order valence-electron chi connectivity index (χ2n) is 4.62. The van der Waals surface area contributed by atoms with E-state index in [9.17, 15) is 0 Å². The lowest BCUT2D eigenvalue weighted by molar-refractivity contribution is 0.282. The average Bonchev–Trinajstić information content (AvgIpc) is 2.33. The minimum absolute atomic E-state index is 0.204. The van der Waals surface area contributed by atoms with Gasteiger partial charge in [0.25, 0.3) is 0 Å². The van der Waals surface area contributed by atoms with Crippen LogP contribution in [-0.2, 0) is 0 Å². The third kappa shape index (κ3) is 2.67. The highest BCUT2D eigenvalue weighted by Crippen LogP contribution is 2.31. The highest BCUT2D eigenvalue weighted by Gasteiger charge is 2.26. The van der Waals surface area contributed by atoms with Gasteiger partial charge in [0, 0.05) is 19.2 Å². The first-order valence-electron chi connectivity index (χ1n) is 6.44. The zero-order chi connectivity index (χ0) is 13.0. The van der Waals surface area contributed by atoms with Crippen molar-refractivity contribution in [1.29, 1.82) is 0 Å². The van der Waals surface area contributed by atoms with E-state index in [1.54, 1.807) is 7.11 Å². The van der Waals surface area contributed by atoms with E-state index in [0.717, 1.165) is 18.8 Å². The van der Waals surface area contributed by atoms with E-state index in [-0.39, 0.29) is 6.61 Å². The van der Waals surface area contributed by atoms with Gasteiger partial charge in [0.1, 0.15) is 5.82 Å². The summed E-state index contributed by atoms with van der Waals surface area (Å²) in [5.74, 6) is 1.36. The number of pyridine rings is 1. The Labute approximate surface area is 108 Å². The number of hydrogen-bond donors (Lipinski definition) is 2. The molecular formula is C13H21N3O2. The van der Waals surface area contributed by atoms with Crippen LogP contribution >= 0.6 is 0 Å². The maximum atomic E-state index is 8.99. The zero-order valence-corrected chi connectivity index (χ0v) is 10.8. The highest BCUT2D eigenvalue weighted by molar-refractivity contribution is 5.55. The number of nitrogen functional groups attached to an aromatic ring is 1. The summed E-state index contributed by atoms with van der Waals surface area (Å²) in [7, 11) is 1.57. The number of nitrogens with zero attached hydrogens (tertiary/aromatic N) is 2. The van der Waals surface area contributed by atoms with Gasteiger partial charge in [0.15, 0.2) is 0 Å². The number of aromatic nitrogens is 1. The molecular weight excluding hydrogens is 230 g/mol. The van der Waals surface area contributed by atoms with Crippen molar-refractivity contribution >= 4 is 11.5 Å². The van der Waals surface area contributed by atoms with Gasteiger partial charge < -0.3 is 20.5 Å². The van der Waals surface area contributed by atoms with Gasteiger partial charge in [0.05, 0.1) is 12.8 Å². The van der Waals surface area contributed by atoms with Crippen LogP contribution in [0.3, 0.4) is 0 Å². The monoisotopic (exact) mass is 251 g/mol. The average molecular weight is 251 g/mol. The summed E-state index contributed by atoms with van der Waals surface area (Å²) < 4.78 is 5.16. The smallest absolute Gasteiger partial charge is 0.238 e. The molecule has 0 radical (unpaired) electrons. The van der Waals surface area contributed by atoms with E-state index in [1.165, 1.54) is 19.3 Å². The van der Waals surface area contributed by atoms with Gasteiger partial charge in [-0.2, -0.15) is 4.98 Å². The molecule has 0 spiro atoms. The minimum atomic E-state index is 0.204. The number of hydrogen-bond acceptors (Lipinski definition) is 5. The molecule has 0 atom stereocenters.